The Kier molecular flexibility index (Phi) is 6.90. The van der Waals surface area contributed by atoms with Crippen LogP contribution in [0.15, 0.2) is 30.3 Å². The van der Waals surface area contributed by atoms with Crippen molar-refractivity contribution in [2.45, 2.75) is 33.2 Å². The van der Waals surface area contributed by atoms with Crippen molar-refractivity contribution in [2.75, 3.05) is 19.8 Å². The minimum absolute atomic E-state index is 0.418. The molecule has 0 aliphatic rings. The molecule has 1 aromatic rings. The summed E-state index contributed by atoms with van der Waals surface area (Å²) in [7, 11) is 0. The predicted octanol–water partition coefficient (Wildman–Crippen LogP) is 3.40. The van der Waals surface area contributed by atoms with Crippen molar-refractivity contribution in [2.24, 2.45) is 5.92 Å². The van der Waals surface area contributed by atoms with Crippen LogP contribution in [0.4, 0.5) is 0 Å². The van der Waals surface area contributed by atoms with Crippen molar-refractivity contribution in [3.05, 3.63) is 35.9 Å². The third-order valence-corrected chi connectivity index (χ3v) is 2.67. The number of hydrogen-bond donors (Lipinski definition) is 1. The summed E-state index contributed by atoms with van der Waals surface area (Å²) in [6, 6.07) is 11.0. The zero-order valence-electron chi connectivity index (χ0n) is 11.3. The van der Waals surface area contributed by atoms with Gasteiger partial charge in [0.2, 0.25) is 0 Å². The molecule has 0 amide bonds. The molecule has 96 valence electrons. The molecule has 2 heteroatoms. The zero-order valence-corrected chi connectivity index (χ0v) is 11.3. The van der Waals surface area contributed by atoms with Gasteiger partial charge in [-0.05, 0) is 31.4 Å². The van der Waals surface area contributed by atoms with Gasteiger partial charge in [0.05, 0.1) is 0 Å². The van der Waals surface area contributed by atoms with Crippen LogP contribution in [-0.4, -0.2) is 19.8 Å². The molecule has 17 heavy (non-hydrogen) atoms. The minimum atomic E-state index is 0.418. The van der Waals surface area contributed by atoms with Gasteiger partial charge in [0.1, 0.15) is 0 Å². The van der Waals surface area contributed by atoms with Crippen LogP contribution in [0.25, 0.3) is 0 Å². The van der Waals surface area contributed by atoms with Crippen molar-refractivity contribution >= 4 is 0 Å². The second-order valence-corrected chi connectivity index (χ2v) is 4.91. The maximum absolute atomic E-state index is 5.54. The van der Waals surface area contributed by atoms with Crippen LogP contribution in [-0.2, 0) is 4.74 Å². The largest absolute Gasteiger partial charge is 0.381 e. The average Bonchev–Trinajstić information content (AvgIpc) is 2.34. The minimum Gasteiger partial charge on any atom is -0.381 e. The van der Waals surface area contributed by atoms with Crippen LogP contribution >= 0.6 is 0 Å². The lowest BCUT2D eigenvalue weighted by Gasteiger charge is -2.14. The van der Waals surface area contributed by atoms with Gasteiger partial charge < -0.3 is 10.1 Å². The monoisotopic (exact) mass is 235 g/mol. The second-order valence-electron chi connectivity index (χ2n) is 4.91. The van der Waals surface area contributed by atoms with Crippen LogP contribution in [0, 0.1) is 5.92 Å². The summed E-state index contributed by atoms with van der Waals surface area (Å²) in [5, 5.41) is 3.51. The first kappa shape index (κ1) is 14.2. The molecule has 2 nitrogen and oxygen atoms in total. The molecule has 0 saturated carbocycles. The third kappa shape index (κ3) is 6.44. The van der Waals surface area contributed by atoms with E-state index in [4.69, 9.17) is 4.74 Å². The van der Waals surface area contributed by atoms with Crippen LogP contribution in [0.2, 0.25) is 0 Å². The van der Waals surface area contributed by atoms with E-state index in [9.17, 15) is 0 Å². The van der Waals surface area contributed by atoms with Crippen LogP contribution in [0.5, 0.6) is 0 Å². The van der Waals surface area contributed by atoms with E-state index in [1.165, 1.54) is 5.56 Å². The normalized spacial score (nSPS) is 12.9. The first-order valence-corrected chi connectivity index (χ1v) is 6.56. The molecule has 1 N–H and O–H groups in total. The summed E-state index contributed by atoms with van der Waals surface area (Å²) in [5.74, 6) is 0.631. The summed E-state index contributed by atoms with van der Waals surface area (Å²) < 4.78 is 5.54. The average molecular weight is 235 g/mol. The van der Waals surface area contributed by atoms with Gasteiger partial charge in [-0.1, -0.05) is 44.2 Å². The highest BCUT2D eigenvalue weighted by molar-refractivity contribution is 5.17. The van der Waals surface area contributed by atoms with E-state index >= 15 is 0 Å². The van der Waals surface area contributed by atoms with Crippen molar-refractivity contribution in [3.8, 4) is 0 Å². The number of nitrogens with one attached hydrogen (secondary N) is 1. The second kappa shape index (κ2) is 8.26. The summed E-state index contributed by atoms with van der Waals surface area (Å²) in [6.45, 7) is 9.28. The topological polar surface area (TPSA) is 21.3 Å². The summed E-state index contributed by atoms with van der Waals surface area (Å²) in [4.78, 5) is 0. The molecule has 1 unspecified atom stereocenters. The standard InChI is InChI=1S/C15H25NO/c1-13(2)12-17-11-7-10-16-14(3)15-8-5-4-6-9-15/h4-6,8-9,13-14,16H,7,10-12H2,1-3H3. The number of rotatable bonds is 8. The molecule has 0 spiro atoms. The van der Waals surface area contributed by atoms with Crippen LogP contribution in [0.3, 0.4) is 0 Å². The number of ether oxygens (including phenoxy) is 1. The van der Waals surface area contributed by atoms with Gasteiger partial charge in [-0.3, -0.25) is 0 Å². The molecule has 0 aliphatic carbocycles. The van der Waals surface area contributed by atoms with E-state index < -0.39 is 0 Å². The van der Waals surface area contributed by atoms with Crippen molar-refractivity contribution < 1.29 is 4.74 Å². The Morgan fingerprint density at radius 2 is 1.82 bits per heavy atom. The fraction of sp³-hybridized carbons (Fsp3) is 0.600. The molecule has 0 aromatic heterocycles. The van der Waals surface area contributed by atoms with E-state index in [0.29, 0.717) is 12.0 Å². The van der Waals surface area contributed by atoms with E-state index in [-0.39, 0.29) is 0 Å². The highest BCUT2D eigenvalue weighted by atomic mass is 16.5. The Hall–Kier alpha value is -0.860. The van der Waals surface area contributed by atoms with Gasteiger partial charge in [0, 0.05) is 19.3 Å². The molecule has 0 heterocycles. The SMILES string of the molecule is CC(C)COCCCNC(C)c1ccccc1. The Labute approximate surface area is 105 Å². The molecule has 0 fully saturated rings. The van der Waals surface area contributed by atoms with E-state index in [0.717, 1.165) is 26.2 Å². The third-order valence-electron chi connectivity index (χ3n) is 2.67. The number of hydrogen-bond acceptors (Lipinski definition) is 2. The Bertz CT molecular complexity index is 284. The van der Waals surface area contributed by atoms with Crippen molar-refractivity contribution in [1.29, 1.82) is 0 Å². The first-order chi connectivity index (χ1) is 8.20. The smallest absolute Gasteiger partial charge is 0.0489 e. The molecule has 0 bridgehead atoms. The molecule has 1 atom stereocenters. The quantitative estimate of drug-likeness (QED) is 0.697. The fourth-order valence-corrected chi connectivity index (χ4v) is 1.67. The van der Waals surface area contributed by atoms with Crippen LogP contribution in [0.1, 0.15) is 38.8 Å². The highest BCUT2D eigenvalue weighted by Crippen LogP contribution is 2.10. The lowest BCUT2D eigenvalue weighted by atomic mass is 10.1. The lowest BCUT2D eigenvalue weighted by Crippen LogP contribution is -2.21. The van der Waals surface area contributed by atoms with E-state index in [1.807, 2.05) is 0 Å². The maximum atomic E-state index is 5.54. The van der Waals surface area contributed by atoms with Crippen molar-refractivity contribution in [3.63, 3.8) is 0 Å². The first-order valence-electron chi connectivity index (χ1n) is 6.56. The summed E-state index contributed by atoms with van der Waals surface area (Å²) in [6.07, 6.45) is 1.07. The highest BCUT2D eigenvalue weighted by Gasteiger charge is 2.02. The number of benzene rings is 1. The van der Waals surface area contributed by atoms with Gasteiger partial charge in [-0.25, -0.2) is 0 Å². The zero-order chi connectivity index (χ0) is 12.5. The Morgan fingerprint density at radius 1 is 1.12 bits per heavy atom. The van der Waals surface area contributed by atoms with Gasteiger partial charge in [0.25, 0.3) is 0 Å². The molecule has 0 radical (unpaired) electrons. The van der Waals surface area contributed by atoms with Gasteiger partial charge in [0.15, 0.2) is 0 Å². The van der Waals surface area contributed by atoms with Gasteiger partial charge in [-0.2, -0.15) is 0 Å². The van der Waals surface area contributed by atoms with Crippen LogP contribution < -0.4 is 5.32 Å². The molecule has 1 rings (SSSR count). The van der Waals surface area contributed by atoms with Crippen molar-refractivity contribution in [1.82, 2.24) is 5.32 Å². The summed E-state index contributed by atoms with van der Waals surface area (Å²) >= 11 is 0. The Morgan fingerprint density at radius 3 is 2.47 bits per heavy atom. The molecular formula is C15H25NO. The predicted molar refractivity (Wildman–Crippen MR) is 73.1 cm³/mol. The van der Waals surface area contributed by atoms with E-state index in [1.54, 1.807) is 0 Å². The van der Waals surface area contributed by atoms with Gasteiger partial charge >= 0.3 is 0 Å². The molecule has 0 saturated heterocycles. The molecule has 1 aromatic carbocycles. The van der Waals surface area contributed by atoms with Gasteiger partial charge in [-0.15, -0.1) is 0 Å². The molecular weight excluding hydrogens is 210 g/mol. The molecule has 0 aliphatic heterocycles. The maximum Gasteiger partial charge on any atom is 0.0489 e. The Balaban J connectivity index is 2.07. The summed E-state index contributed by atoms with van der Waals surface area (Å²) in [5.41, 5.74) is 1.34. The lowest BCUT2D eigenvalue weighted by molar-refractivity contribution is 0.107. The fourth-order valence-electron chi connectivity index (χ4n) is 1.67. The van der Waals surface area contributed by atoms with E-state index in [2.05, 4.69) is 56.4 Å².